The van der Waals surface area contributed by atoms with Gasteiger partial charge in [-0.15, -0.1) is 0 Å². The van der Waals surface area contributed by atoms with E-state index in [1.165, 1.54) is 5.01 Å². The standard InChI is InChI=1S/C17H17ClN4O/c1-10-8-11(2)20-17(19-10)22-16(23)14(12(3)21-22)9-13-6-4-5-7-15(13)18/h4-8,14H,9H2,1-3H3/t14-/m1/s1. The molecule has 1 aliphatic rings. The first-order valence-corrected chi connectivity index (χ1v) is 7.78. The fourth-order valence-electron chi connectivity index (χ4n) is 2.67. The summed E-state index contributed by atoms with van der Waals surface area (Å²) in [5.74, 6) is -0.125. The molecule has 23 heavy (non-hydrogen) atoms. The number of hydrazone groups is 1. The first-order valence-electron chi connectivity index (χ1n) is 7.40. The van der Waals surface area contributed by atoms with E-state index in [-0.39, 0.29) is 11.8 Å². The fraction of sp³-hybridized carbons (Fsp3) is 0.294. The van der Waals surface area contributed by atoms with Crippen molar-refractivity contribution in [1.29, 1.82) is 0 Å². The molecular formula is C17H17ClN4O. The van der Waals surface area contributed by atoms with Crippen LogP contribution in [0.3, 0.4) is 0 Å². The molecule has 0 aliphatic carbocycles. The minimum absolute atomic E-state index is 0.118. The Balaban J connectivity index is 1.88. The van der Waals surface area contributed by atoms with Crippen LogP contribution in [0.5, 0.6) is 0 Å². The molecule has 1 aliphatic heterocycles. The summed E-state index contributed by atoms with van der Waals surface area (Å²) in [5.41, 5.74) is 3.30. The Morgan fingerprint density at radius 1 is 1.13 bits per heavy atom. The lowest BCUT2D eigenvalue weighted by Crippen LogP contribution is -2.30. The lowest BCUT2D eigenvalue weighted by molar-refractivity contribution is -0.119. The van der Waals surface area contributed by atoms with Gasteiger partial charge in [-0.3, -0.25) is 4.79 Å². The highest BCUT2D eigenvalue weighted by molar-refractivity contribution is 6.31. The largest absolute Gasteiger partial charge is 0.272 e. The SMILES string of the molecule is CC1=NN(c2nc(C)cc(C)n2)C(=O)[C@@H]1Cc1ccccc1Cl. The van der Waals surface area contributed by atoms with E-state index in [0.717, 1.165) is 22.7 Å². The van der Waals surface area contributed by atoms with Gasteiger partial charge in [0.1, 0.15) is 0 Å². The van der Waals surface area contributed by atoms with Crippen molar-refractivity contribution in [1.82, 2.24) is 9.97 Å². The molecule has 0 fully saturated rings. The van der Waals surface area contributed by atoms with Gasteiger partial charge >= 0.3 is 0 Å². The number of carbonyl (C=O) groups is 1. The molecular weight excluding hydrogens is 312 g/mol. The van der Waals surface area contributed by atoms with Crippen molar-refractivity contribution in [2.75, 3.05) is 5.01 Å². The zero-order valence-corrected chi connectivity index (χ0v) is 14.0. The summed E-state index contributed by atoms with van der Waals surface area (Å²) in [7, 11) is 0. The van der Waals surface area contributed by atoms with Gasteiger partial charge in [0.15, 0.2) is 0 Å². The summed E-state index contributed by atoms with van der Waals surface area (Å²) in [5, 5.41) is 6.33. The molecule has 118 valence electrons. The van der Waals surface area contributed by atoms with Crippen LogP contribution in [-0.2, 0) is 11.2 Å². The van der Waals surface area contributed by atoms with E-state index in [1.807, 2.05) is 51.1 Å². The molecule has 0 bridgehead atoms. The molecule has 0 saturated heterocycles. The fourth-order valence-corrected chi connectivity index (χ4v) is 2.88. The van der Waals surface area contributed by atoms with Gasteiger partial charge < -0.3 is 0 Å². The Kier molecular flexibility index (Phi) is 4.13. The third kappa shape index (κ3) is 3.10. The van der Waals surface area contributed by atoms with Crippen molar-refractivity contribution in [3.63, 3.8) is 0 Å². The molecule has 0 unspecified atom stereocenters. The molecule has 0 spiro atoms. The highest BCUT2D eigenvalue weighted by Crippen LogP contribution is 2.26. The van der Waals surface area contributed by atoms with Crippen LogP contribution < -0.4 is 5.01 Å². The summed E-state index contributed by atoms with van der Waals surface area (Å²) in [6.07, 6.45) is 0.523. The van der Waals surface area contributed by atoms with Crippen LogP contribution in [0.25, 0.3) is 0 Å². The smallest absolute Gasteiger partial charge is 0.259 e. The minimum Gasteiger partial charge on any atom is -0.272 e. The van der Waals surface area contributed by atoms with E-state index in [4.69, 9.17) is 11.6 Å². The summed E-state index contributed by atoms with van der Waals surface area (Å²) in [6, 6.07) is 9.41. The van der Waals surface area contributed by atoms with Crippen LogP contribution in [0.4, 0.5) is 5.95 Å². The summed E-state index contributed by atoms with van der Waals surface area (Å²) < 4.78 is 0. The van der Waals surface area contributed by atoms with E-state index in [1.54, 1.807) is 0 Å². The van der Waals surface area contributed by atoms with Crippen LogP contribution in [-0.4, -0.2) is 21.6 Å². The molecule has 2 heterocycles. The Morgan fingerprint density at radius 2 is 1.78 bits per heavy atom. The van der Waals surface area contributed by atoms with E-state index in [9.17, 15) is 4.79 Å². The Labute approximate surface area is 140 Å². The molecule has 3 rings (SSSR count). The van der Waals surface area contributed by atoms with Gasteiger partial charge in [-0.1, -0.05) is 29.8 Å². The second kappa shape index (κ2) is 6.08. The molecule has 1 atom stereocenters. The number of amides is 1. The molecule has 6 heteroatoms. The van der Waals surface area contributed by atoms with Gasteiger partial charge in [-0.25, -0.2) is 9.97 Å². The van der Waals surface area contributed by atoms with Crippen LogP contribution in [0, 0.1) is 19.8 Å². The monoisotopic (exact) mass is 328 g/mol. The van der Waals surface area contributed by atoms with Crippen LogP contribution in [0.1, 0.15) is 23.9 Å². The predicted molar refractivity (Wildman–Crippen MR) is 90.7 cm³/mol. The average molecular weight is 329 g/mol. The van der Waals surface area contributed by atoms with E-state index >= 15 is 0 Å². The third-order valence-electron chi connectivity index (χ3n) is 3.81. The molecule has 0 saturated carbocycles. The maximum absolute atomic E-state index is 12.7. The number of benzene rings is 1. The van der Waals surface area contributed by atoms with Gasteiger partial charge in [0.25, 0.3) is 11.9 Å². The van der Waals surface area contributed by atoms with Crippen molar-refractivity contribution < 1.29 is 4.79 Å². The highest BCUT2D eigenvalue weighted by atomic mass is 35.5. The number of hydrogen-bond acceptors (Lipinski definition) is 4. The molecule has 1 amide bonds. The number of anilines is 1. The van der Waals surface area contributed by atoms with E-state index in [0.29, 0.717) is 17.4 Å². The van der Waals surface area contributed by atoms with Crippen molar-refractivity contribution >= 4 is 29.2 Å². The van der Waals surface area contributed by atoms with Crippen molar-refractivity contribution in [2.24, 2.45) is 11.0 Å². The maximum Gasteiger partial charge on any atom is 0.259 e. The number of halogens is 1. The van der Waals surface area contributed by atoms with Crippen LogP contribution in [0.15, 0.2) is 35.4 Å². The molecule has 5 nitrogen and oxygen atoms in total. The summed E-state index contributed by atoms with van der Waals surface area (Å²) >= 11 is 6.20. The first-order chi connectivity index (χ1) is 11.0. The van der Waals surface area contributed by atoms with Gasteiger partial charge in [0.05, 0.1) is 5.92 Å². The maximum atomic E-state index is 12.7. The van der Waals surface area contributed by atoms with Crippen LogP contribution >= 0.6 is 11.6 Å². The lowest BCUT2D eigenvalue weighted by Gasteiger charge is -2.14. The Morgan fingerprint density at radius 3 is 2.43 bits per heavy atom. The lowest BCUT2D eigenvalue weighted by atomic mass is 9.95. The second-order valence-corrected chi connectivity index (χ2v) is 6.10. The van der Waals surface area contributed by atoms with Crippen LogP contribution in [0.2, 0.25) is 5.02 Å². The van der Waals surface area contributed by atoms with Crippen molar-refractivity contribution in [2.45, 2.75) is 27.2 Å². The molecule has 2 aromatic rings. The minimum atomic E-state index is -0.334. The molecule has 1 aromatic carbocycles. The highest BCUT2D eigenvalue weighted by Gasteiger charge is 2.36. The Bertz CT molecular complexity index is 783. The molecule has 1 aromatic heterocycles. The zero-order valence-electron chi connectivity index (χ0n) is 13.2. The van der Waals surface area contributed by atoms with Gasteiger partial charge in [-0.05, 0) is 44.9 Å². The number of hydrogen-bond donors (Lipinski definition) is 0. The average Bonchev–Trinajstić information content (AvgIpc) is 2.76. The van der Waals surface area contributed by atoms with Crippen molar-refractivity contribution in [3.05, 3.63) is 52.3 Å². The topological polar surface area (TPSA) is 58.5 Å². The van der Waals surface area contributed by atoms with Gasteiger partial charge in [0.2, 0.25) is 0 Å². The first kappa shape index (κ1) is 15.6. The third-order valence-corrected chi connectivity index (χ3v) is 4.18. The number of carbonyl (C=O) groups excluding carboxylic acids is 1. The normalized spacial score (nSPS) is 17.6. The van der Waals surface area contributed by atoms with Gasteiger partial charge in [0, 0.05) is 22.1 Å². The summed E-state index contributed by atoms with van der Waals surface area (Å²) in [6.45, 7) is 5.59. The second-order valence-electron chi connectivity index (χ2n) is 5.69. The zero-order chi connectivity index (χ0) is 16.6. The predicted octanol–water partition coefficient (Wildman–Crippen LogP) is 3.33. The number of nitrogens with zero attached hydrogens (tertiary/aromatic N) is 4. The quantitative estimate of drug-likeness (QED) is 0.868. The molecule has 0 radical (unpaired) electrons. The molecule has 0 N–H and O–H groups in total. The Hall–Kier alpha value is -2.27. The number of aromatic nitrogens is 2. The number of aryl methyl sites for hydroxylation is 2. The summed E-state index contributed by atoms with van der Waals surface area (Å²) in [4.78, 5) is 21.4. The van der Waals surface area contributed by atoms with E-state index in [2.05, 4.69) is 15.1 Å². The van der Waals surface area contributed by atoms with E-state index < -0.39 is 0 Å². The van der Waals surface area contributed by atoms with Gasteiger partial charge in [-0.2, -0.15) is 10.1 Å². The van der Waals surface area contributed by atoms with Crippen molar-refractivity contribution in [3.8, 4) is 0 Å². The number of rotatable bonds is 3.